The molecule has 3 heterocycles. The number of nitrogens with zero attached hydrogens (tertiary/aromatic N) is 3. The van der Waals surface area contributed by atoms with E-state index in [0.29, 0.717) is 5.65 Å². The highest BCUT2D eigenvalue weighted by Gasteiger charge is 2.19. The Bertz CT molecular complexity index is 1490. The fourth-order valence-corrected chi connectivity index (χ4v) is 5.14. The van der Waals surface area contributed by atoms with Crippen LogP contribution in [0.25, 0.3) is 34.4 Å². The van der Waals surface area contributed by atoms with E-state index >= 15 is 0 Å². The lowest BCUT2D eigenvalue weighted by Gasteiger charge is -2.30. The zero-order valence-electron chi connectivity index (χ0n) is 19.4. The van der Waals surface area contributed by atoms with Crippen LogP contribution in [-0.2, 0) is 15.6 Å². The molecule has 4 aromatic rings. The first-order chi connectivity index (χ1) is 16.9. The number of aromatic hydroxyl groups is 1. The van der Waals surface area contributed by atoms with Crippen molar-refractivity contribution in [2.75, 3.05) is 37.3 Å². The highest BCUT2D eigenvalue weighted by Crippen LogP contribution is 2.33. The summed E-state index contributed by atoms with van der Waals surface area (Å²) in [5.74, 6) is 0.226. The van der Waals surface area contributed by atoms with Gasteiger partial charge in [-0.3, -0.25) is 5.10 Å². The second kappa shape index (κ2) is 9.52. The number of pyridine rings is 1. The summed E-state index contributed by atoms with van der Waals surface area (Å²) in [5.41, 5.74) is 5.88. The van der Waals surface area contributed by atoms with Gasteiger partial charge < -0.3 is 15.3 Å². The number of phenolic OH excluding ortho intramolecular Hbond substituents is 1. The Morgan fingerprint density at radius 2 is 1.83 bits per heavy atom. The second-order valence-electron chi connectivity index (χ2n) is 8.79. The van der Waals surface area contributed by atoms with Crippen molar-refractivity contribution in [1.82, 2.24) is 20.5 Å². The van der Waals surface area contributed by atoms with Crippen LogP contribution in [0.4, 0.5) is 5.69 Å². The molecular weight excluding hydrogens is 462 g/mol. The molecule has 2 aromatic heterocycles. The predicted molar refractivity (Wildman–Crippen MR) is 140 cm³/mol. The smallest absolute Gasteiger partial charge is 0.184 e. The fourth-order valence-electron chi connectivity index (χ4n) is 4.35. The molecular formula is C26H27N5O3S. The number of phenols is 1. The monoisotopic (exact) mass is 489 g/mol. The summed E-state index contributed by atoms with van der Waals surface area (Å²) in [5, 5.41) is 21.6. The van der Waals surface area contributed by atoms with E-state index in [9.17, 15) is 13.5 Å². The van der Waals surface area contributed by atoms with Crippen LogP contribution >= 0.6 is 0 Å². The molecule has 9 heteroatoms. The van der Waals surface area contributed by atoms with Crippen LogP contribution in [0.3, 0.4) is 0 Å². The van der Waals surface area contributed by atoms with Crippen LogP contribution in [0, 0.1) is 0 Å². The zero-order valence-corrected chi connectivity index (χ0v) is 20.2. The van der Waals surface area contributed by atoms with Crippen LogP contribution in [-0.4, -0.2) is 61.1 Å². The molecule has 0 unspecified atom stereocenters. The van der Waals surface area contributed by atoms with E-state index in [1.165, 1.54) is 6.26 Å². The Labute approximate surface area is 204 Å². The van der Waals surface area contributed by atoms with Crippen LogP contribution in [0.2, 0.25) is 0 Å². The van der Waals surface area contributed by atoms with E-state index in [0.717, 1.165) is 65.3 Å². The maximum Gasteiger partial charge on any atom is 0.184 e. The number of anilines is 1. The van der Waals surface area contributed by atoms with E-state index in [1.807, 2.05) is 48.6 Å². The highest BCUT2D eigenvalue weighted by atomic mass is 32.2. The topological polar surface area (TPSA) is 111 Å². The summed E-state index contributed by atoms with van der Waals surface area (Å²) < 4.78 is 23.4. The average Bonchev–Trinajstić information content (AvgIpc) is 3.25. The maximum absolute atomic E-state index is 11.7. The summed E-state index contributed by atoms with van der Waals surface area (Å²) in [6.45, 7) is 3.54. The summed E-state index contributed by atoms with van der Waals surface area (Å²) in [6.07, 6.45) is 5.15. The van der Waals surface area contributed by atoms with Gasteiger partial charge >= 0.3 is 0 Å². The first kappa shape index (κ1) is 23.1. The fraction of sp³-hybridized carbons (Fsp3) is 0.231. The number of hydrogen-bond donors (Lipinski definition) is 3. The molecule has 0 radical (unpaired) electrons. The van der Waals surface area contributed by atoms with Crippen LogP contribution in [0.5, 0.6) is 5.75 Å². The second-order valence-corrected chi connectivity index (χ2v) is 10.9. The van der Waals surface area contributed by atoms with Crippen LogP contribution < -0.4 is 10.2 Å². The predicted octanol–water partition coefficient (Wildman–Crippen LogP) is 3.46. The Hall–Kier alpha value is -3.69. The molecule has 1 fully saturated rings. The van der Waals surface area contributed by atoms with Crippen molar-refractivity contribution < 1.29 is 13.5 Å². The Morgan fingerprint density at radius 3 is 2.57 bits per heavy atom. The molecule has 3 N–H and O–H groups in total. The van der Waals surface area contributed by atoms with Gasteiger partial charge in [-0.1, -0.05) is 30.3 Å². The molecule has 180 valence electrons. The molecule has 8 nitrogen and oxygen atoms in total. The lowest BCUT2D eigenvalue weighted by molar-refractivity contribution is 0.475. The first-order valence-electron chi connectivity index (χ1n) is 11.4. The molecule has 0 spiro atoms. The molecule has 35 heavy (non-hydrogen) atoms. The van der Waals surface area contributed by atoms with Gasteiger partial charge in [0.25, 0.3) is 0 Å². The van der Waals surface area contributed by atoms with Gasteiger partial charge in [-0.15, -0.1) is 0 Å². The number of fused-ring (bicyclic) bond motifs is 1. The molecule has 0 aliphatic carbocycles. The van der Waals surface area contributed by atoms with Crippen molar-refractivity contribution in [2.24, 2.45) is 0 Å². The highest BCUT2D eigenvalue weighted by molar-refractivity contribution is 7.89. The number of sulfone groups is 1. The number of rotatable bonds is 6. The van der Waals surface area contributed by atoms with Gasteiger partial charge in [-0.05, 0) is 47.5 Å². The minimum Gasteiger partial charge on any atom is -0.508 e. The molecule has 1 saturated heterocycles. The standard InChI is InChI=1S/C26H27N5O3S/c1-35(33,34)17-19-4-2-3-18(15-19)5-10-22-25-24(31-13-11-27-12-14-31)16-23(28-26(25)30-29-22)20-6-8-21(32)9-7-20/h2-10,15-16,27,32H,11-14,17H2,1H3,(H,28,29,30). The van der Waals surface area contributed by atoms with Gasteiger partial charge in [-0.2, -0.15) is 5.10 Å². The van der Waals surface area contributed by atoms with E-state index in [2.05, 4.69) is 26.5 Å². The Balaban J connectivity index is 1.55. The minimum absolute atomic E-state index is 0.0127. The zero-order chi connectivity index (χ0) is 24.4. The average molecular weight is 490 g/mol. The molecule has 0 atom stereocenters. The quantitative estimate of drug-likeness (QED) is 0.380. The molecule has 0 bridgehead atoms. The largest absolute Gasteiger partial charge is 0.508 e. The van der Waals surface area contributed by atoms with Crippen molar-refractivity contribution >= 4 is 38.7 Å². The molecule has 5 rings (SSSR count). The number of aromatic amines is 1. The Morgan fingerprint density at radius 1 is 1.06 bits per heavy atom. The SMILES string of the molecule is CS(=O)(=O)Cc1cccc(C=Cc2[nH]nc3nc(-c4ccc(O)cc4)cc(N4CCNCC4)c23)c1. The summed E-state index contributed by atoms with van der Waals surface area (Å²) in [7, 11) is -3.10. The van der Waals surface area contributed by atoms with E-state index < -0.39 is 9.84 Å². The van der Waals surface area contributed by atoms with Gasteiger partial charge in [0.05, 0.1) is 28.2 Å². The first-order valence-corrected chi connectivity index (χ1v) is 13.5. The number of benzene rings is 2. The van der Waals surface area contributed by atoms with E-state index in [1.54, 1.807) is 12.1 Å². The minimum atomic E-state index is -3.10. The van der Waals surface area contributed by atoms with Crippen molar-refractivity contribution in [1.29, 1.82) is 0 Å². The summed E-state index contributed by atoms with van der Waals surface area (Å²) >= 11 is 0. The van der Waals surface area contributed by atoms with Crippen molar-refractivity contribution in [3.8, 4) is 17.0 Å². The summed E-state index contributed by atoms with van der Waals surface area (Å²) in [4.78, 5) is 7.13. The van der Waals surface area contributed by atoms with Crippen molar-refractivity contribution in [2.45, 2.75) is 5.75 Å². The lowest BCUT2D eigenvalue weighted by atomic mass is 10.1. The van der Waals surface area contributed by atoms with Crippen molar-refractivity contribution in [3.05, 3.63) is 71.4 Å². The molecule has 0 amide bonds. The number of hydrogen-bond acceptors (Lipinski definition) is 7. The lowest BCUT2D eigenvalue weighted by Crippen LogP contribution is -2.43. The third-order valence-electron chi connectivity index (χ3n) is 5.97. The molecule has 1 aliphatic heterocycles. The van der Waals surface area contributed by atoms with Crippen molar-refractivity contribution in [3.63, 3.8) is 0 Å². The number of nitrogens with one attached hydrogen (secondary N) is 2. The third kappa shape index (κ3) is 5.36. The number of piperazine rings is 1. The molecule has 1 aliphatic rings. The third-order valence-corrected chi connectivity index (χ3v) is 6.83. The Kier molecular flexibility index (Phi) is 6.27. The van der Waals surface area contributed by atoms with Crippen LogP contribution in [0.15, 0.2) is 54.6 Å². The maximum atomic E-state index is 11.7. The number of aromatic nitrogens is 3. The van der Waals surface area contributed by atoms with Gasteiger partial charge in [0.15, 0.2) is 15.5 Å². The van der Waals surface area contributed by atoms with Gasteiger partial charge in [0, 0.05) is 38.0 Å². The molecule has 0 saturated carbocycles. The number of H-pyrrole nitrogens is 1. The van der Waals surface area contributed by atoms with Gasteiger partial charge in [0.2, 0.25) is 0 Å². The normalized spacial score (nSPS) is 14.7. The van der Waals surface area contributed by atoms with Gasteiger partial charge in [-0.25, -0.2) is 13.4 Å². The van der Waals surface area contributed by atoms with Gasteiger partial charge in [0.1, 0.15) is 5.75 Å². The summed E-state index contributed by atoms with van der Waals surface area (Å²) in [6, 6.07) is 16.6. The van der Waals surface area contributed by atoms with E-state index in [4.69, 9.17) is 4.98 Å². The van der Waals surface area contributed by atoms with Crippen LogP contribution in [0.1, 0.15) is 16.8 Å². The van der Waals surface area contributed by atoms with E-state index in [-0.39, 0.29) is 11.5 Å². The molecule has 2 aromatic carbocycles.